The van der Waals surface area contributed by atoms with Crippen molar-refractivity contribution >= 4 is 12.4 Å². The van der Waals surface area contributed by atoms with Crippen LogP contribution in [0.25, 0.3) is 0 Å². The standard InChI is InChI=1S/C48H66N2O2/c1-45(2,3)37-17-35(43(51)39(19-37)47-21-29-11-30(22-47)13-31(12-29)23-47)27-49-41-9-7-8-10-42(41)50-28-36-18-38(46(4,5)6)20-40(44(36)52)48-24-32-14-33(25-48)16-34(15-32)26-48/h17-20,27-34,41-42,51-52H,7-16,21-26H2,1-6H3/t29?,30?,31?,32?,33?,34?,41-,42-,47?,48?/m1/s1. The van der Waals surface area contributed by atoms with Gasteiger partial charge in [-0.05, 0) is 170 Å². The molecule has 2 atom stereocenters. The van der Waals surface area contributed by atoms with Gasteiger partial charge in [-0.2, -0.15) is 0 Å². The lowest BCUT2D eigenvalue weighted by Gasteiger charge is -2.57. The molecule has 2 N–H and O–H groups in total. The van der Waals surface area contributed by atoms with Crippen LogP contribution in [0.5, 0.6) is 11.5 Å². The minimum atomic E-state index is -0.0103. The highest BCUT2D eigenvalue weighted by molar-refractivity contribution is 5.86. The van der Waals surface area contributed by atoms with Gasteiger partial charge in [-0.25, -0.2) is 0 Å². The maximum absolute atomic E-state index is 12.1. The molecule has 9 aliphatic rings. The van der Waals surface area contributed by atoms with Crippen LogP contribution in [0.15, 0.2) is 34.3 Å². The molecular formula is C48H66N2O2. The predicted octanol–water partition coefficient (Wildman–Crippen LogP) is 11.5. The van der Waals surface area contributed by atoms with Gasteiger partial charge in [-0.15, -0.1) is 0 Å². The lowest BCUT2D eigenvalue weighted by molar-refractivity contribution is -0.00635. The molecule has 0 amide bonds. The van der Waals surface area contributed by atoms with Crippen molar-refractivity contribution in [2.24, 2.45) is 45.5 Å². The van der Waals surface area contributed by atoms with Gasteiger partial charge < -0.3 is 10.2 Å². The number of aromatic hydroxyl groups is 2. The molecule has 280 valence electrons. The molecule has 11 rings (SSSR count). The van der Waals surface area contributed by atoms with Crippen LogP contribution >= 0.6 is 0 Å². The van der Waals surface area contributed by atoms with Crippen LogP contribution in [-0.2, 0) is 21.7 Å². The second-order valence-electron chi connectivity index (χ2n) is 21.8. The fraction of sp³-hybridized carbons (Fsp3) is 0.708. The molecule has 4 heteroatoms. The van der Waals surface area contributed by atoms with Crippen molar-refractivity contribution in [2.45, 2.75) is 178 Å². The van der Waals surface area contributed by atoms with E-state index in [4.69, 9.17) is 9.98 Å². The topological polar surface area (TPSA) is 65.2 Å². The number of phenols is 2. The van der Waals surface area contributed by atoms with Crippen molar-refractivity contribution in [3.05, 3.63) is 57.6 Å². The fourth-order valence-corrected chi connectivity index (χ4v) is 13.9. The average Bonchev–Trinajstić information content (AvgIpc) is 3.05. The zero-order chi connectivity index (χ0) is 36.2. The summed E-state index contributed by atoms with van der Waals surface area (Å²) >= 11 is 0. The molecule has 0 spiro atoms. The number of rotatable bonds is 6. The van der Waals surface area contributed by atoms with E-state index in [2.05, 4.69) is 65.8 Å². The van der Waals surface area contributed by atoms with E-state index in [0.29, 0.717) is 11.5 Å². The normalized spacial score (nSPS) is 38.3. The summed E-state index contributed by atoms with van der Waals surface area (Å²) in [5.41, 5.74) is 7.04. The summed E-state index contributed by atoms with van der Waals surface area (Å²) in [5, 5.41) is 24.1. The first-order valence-corrected chi connectivity index (χ1v) is 21.5. The van der Waals surface area contributed by atoms with Gasteiger partial charge in [0.1, 0.15) is 11.5 Å². The zero-order valence-corrected chi connectivity index (χ0v) is 33.2. The Bertz CT molecular complexity index is 1570. The molecule has 9 fully saturated rings. The van der Waals surface area contributed by atoms with Crippen molar-refractivity contribution in [3.63, 3.8) is 0 Å². The first-order chi connectivity index (χ1) is 24.7. The summed E-state index contributed by atoms with van der Waals surface area (Å²) in [4.78, 5) is 10.6. The Morgan fingerprint density at radius 1 is 0.519 bits per heavy atom. The monoisotopic (exact) mass is 703 g/mol. The van der Waals surface area contributed by atoms with Crippen LogP contribution < -0.4 is 0 Å². The van der Waals surface area contributed by atoms with Crippen LogP contribution in [-0.4, -0.2) is 34.7 Å². The molecule has 9 aliphatic carbocycles. The third kappa shape index (κ3) is 6.18. The summed E-state index contributed by atoms with van der Waals surface area (Å²) in [6.45, 7) is 13.8. The smallest absolute Gasteiger partial charge is 0.128 e. The molecule has 4 nitrogen and oxygen atoms in total. The molecule has 9 saturated carbocycles. The van der Waals surface area contributed by atoms with Crippen LogP contribution in [0, 0.1) is 35.5 Å². The van der Waals surface area contributed by atoms with E-state index >= 15 is 0 Å². The second kappa shape index (κ2) is 12.5. The van der Waals surface area contributed by atoms with E-state index in [-0.39, 0.29) is 33.7 Å². The Hall–Kier alpha value is -2.62. The van der Waals surface area contributed by atoms with E-state index in [0.717, 1.165) is 72.3 Å². The molecule has 2 aromatic carbocycles. The third-order valence-electron chi connectivity index (χ3n) is 15.7. The molecule has 0 unspecified atom stereocenters. The number of benzene rings is 2. The quantitative estimate of drug-likeness (QED) is 0.294. The maximum Gasteiger partial charge on any atom is 0.128 e. The van der Waals surface area contributed by atoms with Gasteiger partial charge in [0, 0.05) is 34.7 Å². The average molecular weight is 703 g/mol. The lowest BCUT2D eigenvalue weighted by atomic mass is 9.47. The van der Waals surface area contributed by atoms with E-state index in [9.17, 15) is 10.2 Å². The number of hydrogen-bond donors (Lipinski definition) is 2. The summed E-state index contributed by atoms with van der Waals surface area (Å²) in [7, 11) is 0. The SMILES string of the molecule is CC(C)(C)c1cc(C=N[C@@H]2CCCC[C@H]2N=Cc2cc(C(C)(C)C)cc(C34CC5CC(CC(C5)C3)C4)c2O)c(O)c(C23CC4CC(CC(C4)C2)C3)c1. The Labute approximate surface area is 314 Å². The first kappa shape index (κ1) is 35.1. The summed E-state index contributed by atoms with van der Waals surface area (Å²) in [6, 6.07) is 9.33. The van der Waals surface area contributed by atoms with Crippen LogP contribution in [0.4, 0.5) is 0 Å². The molecule has 8 bridgehead atoms. The maximum atomic E-state index is 12.1. The Balaban J connectivity index is 1.03. The largest absolute Gasteiger partial charge is 0.507 e. The molecule has 0 saturated heterocycles. The summed E-state index contributed by atoms with van der Waals surface area (Å²) in [6.07, 6.45) is 24.2. The summed E-state index contributed by atoms with van der Waals surface area (Å²) < 4.78 is 0. The predicted molar refractivity (Wildman–Crippen MR) is 215 cm³/mol. The summed E-state index contributed by atoms with van der Waals surface area (Å²) in [5.74, 6) is 5.93. The molecule has 52 heavy (non-hydrogen) atoms. The van der Waals surface area contributed by atoms with Gasteiger partial charge in [0.05, 0.1) is 12.1 Å². The molecule has 0 aliphatic heterocycles. The molecule has 0 radical (unpaired) electrons. The minimum Gasteiger partial charge on any atom is -0.507 e. The van der Waals surface area contributed by atoms with E-state index in [1.54, 1.807) is 0 Å². The van der Waals surface area contributed by atoms with Crippen LogP contribution in [0.2, 0.25) is 0 Å². The number of aliphatic imine (C=N–C) groups is 2. The van der Waals surface area contributed by atoms with E-state index in [1.165, 1.54) is 99.3 Å². The van der Waals surface area contributed by atoms with Crippen LogP contribution in [0.1, 0.15) is 178 Å². The number of hydrogen-bond acceptors (Lipinski definition) is 4. The Morgan fingerprint density at radius 3 is 1.12 bits per heavy atom. The van der Waals surface area contributed by atoms with Gasteiger partial charge >= 0.3 is 0 Å². The van der Waals surface area contributed by atoms with Gasteiger partial charge in [0.15, 0.2) is 0 Å². The van der Waals surface area contributed by atoms with Gasteiger partial charge in [-0.3, -0.25) is 9.98 Å². The van der Waals surface area contributed by atoms with Gasteiger partial charge in [0.25, 0.3) is 0 Å². The van der Waals surface area contributed by atoms with Gasteiger partial charge in [-0.1, -0.05) is 66.5 Å². The van der Waals surface area contributed by atoms with Crippen molar-refractivity contribution in [2.75, 3.05) is 0 Å². The molecule has 0 heterocycles. The first-order valence-electron chi connectivity index (χ1n) is 21.5. The number of nitrogens with zero attached hydrogens (tertiary/aromatic N) is 2. The highest BCUT2D eigenvalue weighted by Crippen LogP contribution is 2.63. The van der Waals surface area contributed by atoms with Crippen molar-refractivity contribution in [1.29, 1.82) is 0 Å². The fourth-order valence-electron chi connectivity index (χ4n) is 13.9. The molecule has 0 aromatic heterocycles. The van der Waals surface area contributed by atoms with Gasteiger partial charge in [0.2, 0.25) is 0 Å². The second-order valence-corrected chi connectivity index (χ2v) is 21.8. The highest BCUT2D eigenvalue weighted by atomic mass is 16.3. The van der Waals surface area contributed by atoms with Crippen molar-refractivity contribution < 1.29 is 10.2 Å². The minimum absolute atomic E-state index is 0.0103. The number of phenolic OH excluding ortho intramolecular Hbond substituents is 2. The van der Waals surface area contributed by atoms with Crippen LogP contribution in [0.3, 0.4) is 0 Å². The Kier molecular flexibility index (Phi) is 8.41. The van der Waals surface area contributed by atoms with Crippen molar-refractivity contribution in [3.8, 4) is 11.5 Å². The lowest BCUT2D eigenvalue weighted by Crippen LogP contribution is -2.48. The third-order valence-corrected chi connectivity index (χ3v) is 15.7. The van der Waals surface area contributed by atoms with E-state index in [1.807, 2.05) is 12.4 Å². The highest BCUT2D eigenvalue weighted by Gasteiger charge is 2.54. The molecule has 2 aromatic rings. The van der Waals surface area contributed by atoms with Crippen molar-refractivity contribution in [1.82, 2.24) is 0 Å². The molecular weight excluding hydrogens is 637 g/mol. The van der Waals surface area contributed by atoms with E-state index < -0.39 is 0 Å². The Morgan fingerprint density at radius 2 is 0.827 bits per heavy atom. The zero-order valence-electron chi connectivity index (χ0n) is 33.2.